The first kappa shape index (κ1) is 15.8. The van der Waals surface area contributed by atoms with Crippen LogP contribution in [0.1, 0.15) is 36.4 Å². The Balaban J connectivity index is 1.32. The van der Waals surface area contributed by atoms with Crippen molar-refractivity contribution in [2.75, 3.05) is 13.1 Å². The fraction of sp³-hybridized carbons (Fsp3) is 0.350. The number of aromatic nitrogens is 3. The smallest absolute Gasteiger partial charge is 0.222 e. The van der Waals surface area contributed by atoms with Gasteiger partial charge in [-0.15, -0.1) is 0 Å². The lowest BCUT2D eigenvalue weighted by Gasteiger charge is -2.31. The summed E-state index contributed by atoms with van der Waals surface area (Å²) < 4.78 is 0. The van der Waals surface area contributed by atoms with E-state index in [0.717, 1.165) is 43.4 Å². The quantitative estimate of drug-likeness (QED) is 0.796. The highest BCUT2D eigenvalue weighted by Crippen LogP contribution is 2.29. The van der Waals surface area contributed by atoms with Crippen LogP contribution in [0.3, 0.4) is 0 Å². The number of aromatic amines is 1. The molecule has 3 aromatic heterocycles. The first-order valence-corrected chi connectivity index (χ1v) is 8.90. The van der Waals surface area contributed by atoms with E-state index in [2.05, 4.69) is 27.1 Å². The van der Waals surface area contributed by atoms with Crippen molar-refractivity contribution in [3.63, 3.8) is 0 Å². The third-order valence-electron chi connectivity index (χ3n) is 5.07. The molecule has 5 heteroatoms. The van der Waals surface area contributed by atoms with E-state index in [1.807, 2.05) is 29.3 Å². The van der Waals surface area contributed by atoms with Crippen molar-refractivity contribution >= 4 is 16.9 Å². The zero-order valence-electron chi connectivity index (χ0n) is 14.2. The molecule has 0 unspecified atom stereocenters. The molecule has 0 saturated carbocycles. The Kier molecular flexibility index (Phi) is 4.46. The number of rotatable bonds is 4. The van der Waals surface area contributed by atoms with Gasteiger partial charge in [0.15, 0.2) is 0 Å². The molecule has 0 bridgehead atoms. The van der Waals surface area contributed by atoms with Gasteiger partial charge in [0.2, 0.25) is 5.91 Å². The summed E-state index contributed by atoms with van der Waals surface area (Å²) in [6, 6.07) is 10.1. The predicted octanol–water partition coefficient (Wildman–Crippen LogP) is 3.30. The molecule has 128 valence electrons. The number of nitrogens with one attached hydrogen (secondary N) is 1. The molecule has 25 heavy (non-hydrogen) atoms. The van der Waals surface area contributed by atoms with Gasteiger partial charge in [-0.2, -0.15) is 0 Å². The Morgan fingerprint density at radius 2 is 1.96 bits per heavy atom. The Labute approximate surface area is 147 Å². The van der Waals surface area contributed by atoms with Crippen LogP contribution in [0.5, 0.6) is 0 Å². The molecule has 1 saturated heterocycles. The number of H-pyrrole nitrogens is 1. The molecule has 4 heterocycles. The number of piperidine rings is 1. The van der Waals surface area contributed by atoms with Gasteiger partial charge in [0, 0.05) is 49.7 Å². The Bertz CT molecular complexity index is 817. The maximum atomic E-state index is 12.4. The predicted molar refractivity (Wildman–Crippen MR) is 97.2 cm³/mol. The van der Waals surface area contributed by atoms with E-state index in [0.29, 0.717) is 12.3 Å². The molecule has 1 aliphatic rings. The van der Waals surface area contributed by atoms with Gasteiger partial charge in [0.05, 0.1) is 11.0 Å². The van der Waals surface area contributed by atoms with E-state index < -0.39 is 0 Å². The number of amides is 1. The lowest BCUT2D eigenvalue weighted by atomic mass is 9.93. The van der Waals surface area contributed by atoms with Crippen molar-refractivity contribution in [2.24, 2.45) is 0 Å². The number of aryl methyl sites for hydroxylation is 1. The standard InChI is InChI=1S/C20H22N4O/c25-20(4-3-15-5-10-21-11-6-15)24-12-7-16(8-13-24)18-14-19-17(23-18)2-1-9-22-19/h1-2,5-6,9-11,14,16,23H,3-4,7-8,12-13H2. The van der Waals surface area contributed by atoms with Crippen LogP contribution in [-0.2, 0) is 11.2 Å². The molecule has 1 amide bonds. The number of hydrogen-bond donors (Lipinski definition) is 1. The monoisotopic (exact) mass is 334 g/mol. The van der Waals surface area contributed by atoms with Gasteiger partial charge >= 0.3 is 0 Å². The van der Waals surface area contributed by atoms with Crippen molar-refractivity contribution in [1.29, 1.82) is 0 Å². The summed E-state index contributed by atoms with van der Waals surface area (Å²) in [4.78, 5) is 26.3. The molecule has 4 rings (SSSR count). The second-order valence-electron chi connectivity index (χ2n) is 6.67. The second kappa shape index (κ2) is 7.05. The maximum absolute atomic E-state index is 12.4. The number of carbonyl (C=O) groups excluding carboxylic acids is 1. The average Bonchev–Trinajstić information content (AvgIpc) is 3.11. The minimum atomic E-state index is 0.258. The highest BCUT2D eigenvalue weighted by molar-refractivity contribution is 5.77. The van der Waals surface area contributed by atoms with Crippen LogP contribution < -0.4 is 0 Å². The van der Waals surface area contributed by atoms with Crippen LogP contribution in [0.25, 0.3) is 11.0 Å². The molecule has 0 aromatic carbocycles. The highest BCUT2D eigenvalue weighted by atomic mass is 16.2. The third kappa shape index (κ3) is 3.55. The summed E-state index contributed by atoms with van der Waals surface area (Å²) in [7, 11) is 0. The Morgan fingerprint density at radius 3 is 2.72 bits per heavy atom. The molecule has 0 aliphatic carbocycles. The number of likely N-dealkylation sites (tertiary alicyclic amines) is 1. The maximum Gasteiger partial charge on any atom is 0.222 e. The summed E-state index contributed by atoms with van der Waals surface area (Å²) in [6.07, 6.45) is 8.76. The minimum absolute atomic E-state index is 0.258. The fourth-order valence-electron chi connectivity index (χ4n) is 3.60. The van der Waals surface area contributed by atoms with Crippen LogP contribution >= 0.6 is 0 Å². The zero-order chi connectivity index (χ0) is 17.1. The summed E-state index contributed by atoms with van der Waals surface area (Å²) in [5.74, 6) is 0.743. The Morgan fingerprint density at radius 1 is 1.16 bits per heavy atom. The van der Waals surface area contributed by atoms with E-state index in [-0.39, 0.29) is 5.91 Å². The van der Waals surface area contributed by atoms with Gasteiger partial charge < -0.3 is 9.88 Å². The molecule has 5 nitrogen and oxygen atoms in total. The molecule has 1 N–H and O–H groups in total. The average molecular weight is 334 g/mol. The van der Waals surface area contributed by atoms with Gasteiger partial charge in [-0.3, -0.25) is 14.8 Å². The molecular formula is C20H22N4O. The van der Waals surface area contributed by atoms with Gasteiger partial charge in [0.1, 0.15) is 0 Å². The van der Waals surface area contributed by atoms with E-state index in [9.17, 15) is 4.79 Å². The molecule has 1 aliphatic heterocycles. The van der Waals surface area contributed by atoms with E-state index in [1.54, 1.807) is 12.4 Å². The molecular weight excluding hydrogens is 312 g/mol. The normalized spacial score (nSPS) is 15.6. The molecule has 0 spiro atoms. The molecule has 1 fully saturated rings. The number of carbonyl (C=O) groups is 1. The molecule has 3 aromatic rings. The lowest BCUT2D eigenvalue weighted by molar-refractivity contribution is -0.132. The van der Waals surface area contributed by atoms with E-state index >= 15 is 0 Å². The largest absolute Gasteiger partial charge is 0.357 e. The fourth-order valence-corrected chi connectivity index (χ4v) is 3.60. The Hall–Kier alpha value is -2.69. The van der Waals surface area contributed by atoms with Crippen molar-refractivity contribution in [1.82, 2.24) is 19.9 Å². The molecule has 0 radical (unpaired) electrons. The summed E-state index contributed by atoms with van der Waals surface area (Å²) in [5, 5.41) is 0. The van der Waals surface area contributed by atoms with Crippen LogP contribution in [0.4, 0.5) is 0 Å². The topological polar surface area (TPSA) is 61.9 Å². The van der Waals surface area contributed by atoms with Crippen LogP contribution in [0.2, 0.25) is 0 Å². The number of pyridine rings is 2. The van der Waals surface area contributed by atoms with Crippen molar-refractivity contribution in [3.05, 3.63) is 60.2 Å². The third-order valence-corrected chi connectivity index (χ3v) is 5.07. The highest BCUT2D eigenvalue weighted by Gasteiger charge is 2.24. The second-order valence-corrected chi connectivity index (χ2v) is 6.67. The first-order chi connectivity index (χ1) is 12.3. The summed E-state index contributed by atoms with van der Waals surface area (Å²) in [5.41, 5.74) is 4.53. The van der Waals surface area contributed by atoms with Crippen LogP contribution in [0, 0.1) is 0 Å². The van der Waals surface area contributed by atoms with Gasteiger partial charge in [-0.05, 0) is 55.2 Å². The minimum Gasteiger partial charge on any atom is -0.357 e. The van der Waals surface area contributed by atoms with Crippen LogP contribution in [0.15, 0.2) is 48.9 Å². The van der Waals surface area contributed by atoms with Crippen LogP contribution in [-0.4, -0.2) is 38.8 Å². The SMILES string of the molecule is O=C(CCc1ccncc1)N1CCC(c2cc3ncccc3[nH]2)CC1. The number of hydrogen-bond acceptors (Lipinski definition) is 3. The lowest BCUT2D eigenvalue weighted by Crippen LogP contribution is -2.38. The zero-order valence-corrected chi connectivity index (χ0v) is 14.2. The van der Waals surface area contributed by atoms with Crippen molar-refractivity contribution in [3.8, 4) is 0 Å². The van der Waals surface area contributed by atoms with Gasteiger partial charge in [0.25, 0.3) is 0 Å². The van der Waals surface area contributed by atoms with E-state index in [4.69, 9.17) is 0 Å². The van der Waals surface area contributed by atoms with Gasteiger partial charge in [-0.1, -0.05) is 0 Å². The molecule has 0 atom stereocenters. The van der Waals surface area contributed by atoms with E-state index in [1.165, 1.54) is 11.3 Å². The van der Waals surface area contributed by atoms with Gasteiger partial charge in [-0.25, -0.2) is 0 Å². The first-order valence-electron chi connectivity index (χ1n) is 8.90. The number of nitrogens with zero attached hydrogens (tertiary/aromatic N) is 3. The summed E-state index contributed by atoms with van der Waals surface area (Å²) >= 11 is 0. The van der Waals surface area contributed by atoms with Crippen molar-refractivity contribution < 1.29 is 4.79 Å². The summed E-state index contributed by atoms with van der Waals surface area (Å²) in [6.45, 7) is 1.67. The van der Waals surface area contributed by atoms with Crippen molar-refractivity contribution in [2.45, 2.75) is 31.6 Å². The number of fused-ring (bicyclic) bond motifs is 1.